The number of aromatic carboxylic acids is 1. The lowest BCUT2D eigenvalue weighted by molar-refractivity contribution is 0.0696. The molecule has 3 aromatic carbocycles. The minimum absolute atomic E-state index is 0.0488. The zero-order valence-electron chi connectivity index (χ0n) is 15.3. The molecule has 8 heteroatoms. The third-order valence-electron chi connectivity index (χ3n) is 4.45. The first-order chi connectivity index (χ1) is 13.8. The Hall–Kier alpha value is -3.23. The van der Waals surface area contributed by atoms with Gasteiger partial charge in [-0.1, -0.05) is 30.3 Å². The van der Waals surface area contributed by atoms with E-state index in [4.69, 9.17) is 0 Å². The fourth-order valence-electron chi connectivity index (χ4n) is 2.95. The molecule has 0 radical (unpaired) electrons. The molecule has 0 saturated heterocycles. The van der Waals surface area contributed by atoms with E-state index in [1.807, 2.05) is 30.3 Å². The standard InChI is InChI=1S/C21H16N2O4S2/c1-13-10-11-14(12-16(13)21(24)25)29(26,27)23-17-7-3-2-6-15(17)20-22-18-8-4-5-9-19(18)28-20/h2-12,23H,1H3,(H,24,25). The van der Waals surface area contributed by atoms with Crippen molar-refractivity contribution in [3.05, 3.63) is 77.9 Å². The van der Waals surface area contributed by atoms with Crippen LogP contribution in [0.3, 0.4) is 0 Å². The van der Waals surface area contributed by atoms with Gasteiger partial charge in [-0.25, -0.2) is 18.2 Å². The highest BCUT2D eigenvalue weighted by Gasteiger charge is 2.20. The van der Waals surface area contributed by atoms with Crippen LogP contribution in [0.15, 0.2) is 71.6 Å². The van der Waals surface area contributed by atoms with Gasteiger partial charge < -0.3 is 5.11 Å². The quantitative estimate of drug-likeness (QED) is 0.481. The van der Waals surface area contributed by atoms with E-state index in [-0.39, 0.29) is 10.5 Å². The van der Waals surface area contributed by atoms with E-state index in [0.29, 0.717) is 21.8 Å². The Kier molecular flexibility index (Phi) is 4.81. The molecule has 0 aliphatic carbocycles. The van der Waals surface area contributed by atoms with Crippen LogP contribution in [0.4, 0.5) is 5.69 Å². The van der Waals surface area contributed by atoms with Crippen LogP contribution in [0, 0.1) is 6.92 Å². The number of anilines is 1. The van der Waals surface area contributed by atoms with E-state index in [1.165, 1.54) is 29.5 Å². The maximum absolute atomic E-state index is 12.9. The Morgan fingerprint density at radius 2 is 1.76 bits per heavy atom. The van der Waals surface area contributed by atoms with Crippen molar-refractivity contribution in [1.82, 2.24) is 4.98 Å². The van der Waals surface area contributed by atoms with Gasteiger partial charge in [0.2, 0.25) is 0 Å². The number of carbonyl (C=O) groups is 1. The minimum atomic E-state index is -3.98. The minimum Gasteiger partial charge on any atom is -0.478 e. The molecule has 0 spiro atoms. The summed E-state index contributed by atoms with van der Waals surface area (Å²) in [6.45, 7) is 1.62. The monoisotopic (exact) mass is 424 g/mol. The fourth-order valence-corrected chi connectivity index (χ4v) is 5.06. The van der Waals surface area contributed by atoms with Crippen LogP contribution in [0.25, 0.3) is 20.8 Å². The first-order valence-corrected chi connectivity index (χ1v) is 11.0. The average molecular weight is 425 g/mol. The largest absolute Gasteiger partial charge is 0.478 e. The highest BCUT2D eigenvalue weighted by atomic mass is 32.2. The number of carboxylic acids is 1. The molecule has 0 atom stereocenters. The number of fused-ring (bicyclic) bond motifs is 1. The van der Waals surface area contributed by atoms with Crippen LogP contribution in [-0.2, 0) is 10.0 Å². The number of aryl methyl sites for hydroxylation is 1. The summed E-state index contributed by atoms with van der Waals surface area (Å²) in [5.74, 6) is -1.17. The number of hydrogen-bond donors (Lipinski definition) is 2. The topological polar surface area (TPSA) is 96.4 Å². The second-order valence-electron chi connectivity index (χ2n) is 6.42. The zero-order chi connectivity index (χ0) is 20.6. The Bertz CT molecular complexity index is 1310. The maximum atomic E-state index is 12.9. The lowest BCUT2D eigenvalue weighted by atomic mass is 10.1. The van der Waals surface area contributed by atoms with Gasteiger partial charge in [-0.3, -0.25) is 4.72 Å². The third kappa shape index (κ3) is 3.72. The van der Waals surface area contributed by atoms with Crippen molar-refractivity contribution < 1.29 is 18.3 Å². The van der Waals surface area contributed by atoms with Gasteiger partial charge in [0, 0.05) is 5.56 Å². The number of nitrogens with zero attached hydrogens (tertiary/aromatic N) is 1. The maximum Gasteiger partial charge on any atom is 0.335 e. The number of sulfonamides is 1. The van der Waals surface area contributed by atoms with Gasteiger partial charge in [0.25, 0.3) is 10.0 Å². The lowest BCUT2D eigenvalue weighted by Gasteiger charge is -2.12. The summed E-state index contributed by atoms with van der Waals surface area (Å²) in [5.41, 5.74) is 2.32. The molecule has 0 saturated carbocycles. The van der Waals surface area contributed by atoms with Crippen molar-refractivity contribution in [1.29, 1.82) is 0 Å². The molecule has 0 aliphatic rings. The van der Waals surface area contributed by atoms with Crippen LogP contribution < -0.4 is 4.72 Å². The number of aromatic nitrogens is 1. The fraction of sp³-hybridized carbons (Fsp3) is 0.0476. The first-order valence-electron chi connectivity index (χ1n) is 8.67. The Morgan fingerprint density at radius 3 is 2.52 bits per heavy atom. The molecular formula is C21H16N2O4S2. The SMILES string of the molecule is Cc1ccc(S(=O)(=O)Nc2ccccc2-c2nc3ccccc3s2)cc1C(=O)O. The molecule has 0 fully saturated rings. The molecular weight excluding hydrogens is 408 g/mol. The predicted octanol–water partition coefficient (Wildman–Crippen LogP) is 4.77. The smallest absolute Gasteiger partial charge is 0.335 e. The van der Waals surface area contributed by atoms with Crippen LogP contribution >= 0.6 is 11.3 Å². The molecule has 0 unspecified atom stereocenters. The molecule has 2 N–H and O–H groups in total. The summed E-state index contributed by atoms with van der Waals surface area (Å²) >= 11 is 1.47. The summed E-state index contributed by atoms with van der Waals surface area (Å²) in [6, 6.07) is 18.7. The normalized spacial score (nSPS) is 11.5. The molecule has 0 bridgehead atoms. The number of carboxylic acid groups (broad SMARTS) is 1. The van der Waals surface area contributed by atoms with Crippen molar-refractivity contribution in [2.24, 2.45) is 0 Å². The molecule has 6 nitrogen and oxygen atoms in total. The molecule has 0 amide bonds. The number of rotatable bonds is 5. The molecule has 146 valence electrons. The summed E-state index contributed by atoms with van der Waals surface area (Å²) in [6.07, 6.45) is 0. The van der Waals surface area contributed by atoms with E-state index >= 15 is 0 Å². The molecule has 29 heavy (non-hydrogen) atoms. The van der Waals surface area contributed by atoms with Crippen molar-refractivity contribution in [3.63, 3.8) is 0 Å². The third-order valence-corrected chi connectivity index (χ3v) is 6.88. The van der Waals surface area contributed by atoms with E-state index in [2.05, 4.69) is 9.71 Å². The Morgan fingerprint density at radius 1 is 1.03 bits per heavy atom. The summed E-state index contributed by atoms with van der Waals surface area (Å²) in [5, 5.41) is 9.98. The van der Waals surface area contributed by atoms with E-state index in [1.54, 1.807) is 25.1 Å². The molecule has 0 aliphatic heterocycles. The summed E-state index contributed by atoms with van der Waals surface area (Å²) in [7, 11) is -3.98. The number of nitrogens with one attached hydrogen (secondary N) is 1. The van der Waals surface area contributed by atoms with Crippen molar-refractivity contribution >= 4 is 43.2 Å². The Labute approximate surface area is 171 Å². The predicted molar refractivity (Wildman–Crippen MR) is 114 cm³/mol. The van der Waals surface area contributed by atoms with Crippen LogP contribution in [0.1, 0.15) is 15.9 Å². The Balaban J connectivity index is 1.75. The van der Waals surface area contributed by atoms with Gasteiger partial charge in [0.15, 0.2) is 0 Å². The summed E-state index contributed by atoms with van der Waals surface area (Å²) < 4.78 is 29.4. The number of para-hydroxylation sites is 2. The van der Waals surface area contributed by atoms with Gasteiger partial charge in [0.05, 0.1) is 26.4 Å². The second kappa shape index (κ2) is 7.31. The van der Waals surface area contributed by atoms with Crippen molar-refractivity contribution in [2.45, 2.75) is 11.8 Å². The molecule has 4 aromatic rings. The average Bonchev–Trinajstić information content (AvgIpc) is 3.12. The highest BCUT2D eigenvalue weighted by Crippen LogP contribution is 2.35. The molecule has 1 heterocycles. The highest BCUT2D eigenvalue weighted by molar-refractivity contribution is 7.92. The van der Waals surface area contributed by atoms with Gasteiger partial charge in [0.1, 0.15) is 5.01 Å². The lowest BCUT2D eigenvalue weighted by Crippen LogP contribution is -2.14. The second-order valence-corrected chi connectivity index (χ2v) is 9.13. The van der Waals surface area contributed by atoms with E-state index < -0.39 is 16.0 Å². The first kappa shape index (κ1) is 19.1. The van der Waals surface area contributed by atoms with Gasteiger partial charge in [-0.05, 0) is 48.9 Å². The zero-order valence-corrected chi connectivity index (χ0v) is 16.9. The number of hydrogen-bond acceptors (Lipinski definition) is 5. The molecule has 1 aromatic heterocycles. The van der Waals surface area contributed by atoms with Crippen molar-refractivity contribution in [3.8, 4) is 10.6 Å². The van der Waals surface area contributed by atoms with Crippen LogP contribution in [0.5, 0.6) is 0 Å². The van der Waals surface area contributed by atoms with E-state index in [9.17, 15) is 18.3 Å². The van der Waals surface area contributed by atoms with Gasteiger partial charge in [-0.15, -0.1) is 11.3 Å². The van der Waals surface area contributed by atoms with Crippen molar-refractivity contribution in [2.75, 3.05) is 4.72 Å². The van der Waals surface area contributed by atoms with Crippen LogP contribution in [-0.4, -0.2) is 24.5 Å². The number of thiazole rings is 1. The van der Waals surface area contributed by atoms with Gasteiger partial charge in [-0.2, -0.15) is 0 Å². The van der Waals surface area contributed by atoms with E-state index in [0.717, 1.165) is 10.2 Å². The van der Waals surface area contributed by atoms with Crippen LogP contribution in [0.2, 0.25) is 0 Å². The summed E-state index contributed by atoms with van der Waals surface area (Å²) in [4.78, 5) is 15.9. The molecule has 4 rings (SSSR count). The number of benzene rings is 3. The van der Waals surface area contributed by atoms with Gasteiger partial charge >= 0.3 is 5.97 Å².